The van der Waals surface area contributed by atoms with Crippen molar-refractivity contribution in [3.05, 3.63) is 48.0 Å². The molecule has 0 radical (unpaired) electrons. The van der Waals surface area contributed by atoms with Crippen molar-refractivity contribution in [3.63, 3.8) is 0 Å². The maximum absolute atomic E-state index is 12.4. The molecule has 1 aromatic carbocycles. The maximum atomic E-state index is 12.4. The number of rotatable bonds is 7. The van der Waals surface area contributed by atoms with Gasteiger partial charge < -0.3 is 10.1 Å². The molecule has 0 aliphatic rings. The van der Waals surface area contributed by atoms with Crippen molar-refractivity contribution in [2.45, 2.75) is 38.4 Å². The molecule has 0 spiro atoms. The average Bonchev–Trinajstić information content (AvgIpc) is 2.45. The number of benzene rings is 1. The van der Waals surface area contributed by atoms with Crippen LogP contribution in [0.1, 0.15) is 37.8 Å². The number of nitrogens with one attached hydrogen (secondary N) is 1. The van der Waals surface area contributed by atoms with Crippen molar-refractivity contribution in [2.24, 2.45) is 0 Å². The maximum Gasteiger partial charge on any atom is 0.471 e. The molecule has 1 rings (SSSR count). The third-order valence-corrected chi connectivity index (χ3v) is 2.97. The highest BCUT2D eigenvalue weighted by Gasteiger charge is 2.39. The van der Waals surface area contributed by atoms with E-state index in [4.69, 9.17) is 0 Å². The number of hydrogen-bond acceptors (Lipinski definition) is 2. The van der Waals surface area contributed by atoms with Crippen molar-refractivity contribution in [3.8, 4) is 0 Å². The lowest BCUT2D eigenvalue weighted by molar-refractivity contribution is -0.174. The SMILES string of the molecule is CC(=O)CC/C=C/CC(NC(=O)C(F)(F)F)c1ccccc1. The molecule has 0 heterocycles. The predicted molar refractivity (Wildman–Crippen MR) is 77.1 cm³/mol. The van der Waals surface area contributed by atoms with E-state index in [-0.39, 0.29) is 12.2 Å². The highest BCUT2D eigenvalue weighted by Crippen LogP contribution is 2.21. The highest BCUT2D eigenvalue weighted by atomic mass is 19.4. The van der Waals surface area contributed by atoms with Crippen LogP contribution in [-0.2, 0) is 9.59 Å². The molecule has 1 unspecified atom stereocenters. The Morgan fingerprint density at radius 3 is 2.36 bits per heavy atom. The molecule has 0 saturated heterocycles. The summed E-state index contributed by atoms with van der Waals surface area (Å²) in [7, 11) is 0. The van der Waals surface area contributed by atoms with Crippen molar-refractivity contribution >= 4 is 11.7 Å². The van der Waals surface area contributed by atoms with Gasteiger partial charge in [-0.05, 0) is 25.3 Å². The monoisotopic (exact) mass is 313 g/mol. The Balaban J connectivity index is 2.71. The van der Waals surface area contributed by atoms with Gasteiger partial charge in [0.1, 0.15) is 5.78 Å². The first-order valence-corrected chi connectivity index (χ1v) is 6.87. The normalized spacial score (nSPS) is 13.1. The van der Waals surface area contributed by atoms with Gasteiger partial charge in [-0.15, -0.1) is 0 Å². The molecule has 0 bridgehead atoms. The molecular weight excluding hydrogens is 295 g/mol. The average molecular weight is 313 g/mol. The lowest BCUT2D eigenvalue weighted by Crippen LogP contribution is -2.39. The van der Waals surface area contributed by atoms with Crippen molar-refractivity contribution < 1.29 is 22.8 Å². The van der Waals surface area contributed by atoms with E-state index in [1.54, 1.807) is 42.5 Å². The lowest BCUT2D eigenvalue weighted by atomic mass is 10.0. The second-order valence-corrected chi connectivity index (χ2v) is 4.88. The van der Waals surface area contributed by atoms with Crippen molar-refractivity contribution in [1.82, 2.24) is 5.32 Å². The number of Topliss-reactive ketones (excluding diaryl/α,β-unsaturated/α-hetero) is 1. The molecule has 1 aromatic rings. The van der Waals surface area contributed by atoms with Gasteiger partial charge in [-0.2, -0.15) is 13.2 Å². The van der Waals surface area contributed by atoms with E-state index in [1.807, 2.05) is 5.32 Å². The van der Waals surface area contributed by atoms with Crippen molar-refractivity contribution in [1.29, 1.82) is 0 Å². The minimum Gasteiger partial charge on any atom is -0.341 e. The summed E-state index contributed by atoms with van der Waals surface area (Å²) in [6.45, 7) is 1.48. The van der Waals surface area contributed by atoms with E-state index in [0.29, 0.717) is 18.4 Å². The molecule has 3 nitrogen and oxygen atoms in total. The summed E-state index contributed by atoms with van der Waals surface area (Å²) in [6, 6.07) is 7.69. The molecular formula is C16H18F3NO2. The molecule has 0 aliphatic heterocycles. The Morgan fingerprint density at radius 1 is 1.18 bits per heavy atom. The molecule has 120 valence electrons. The molecule has 1 amide bonds. The van der Waals surface area contributed by atoms with Crippen LogP contribution in [-0.4, -0.2) is 17.9 Å². The van der Waals surface area contributed by atoms with Gasteiger partial charge in [0.15, 0.2) is 0 Å². The summed E-state index contributed by atoms with van der Waals surface area (Å²) >= 11 is 0. The number of amides is 1. The number of carbonyl (C=O) groups excluding carboxylic acids is 2. The summed E-state index contributed by atoms with van der Waals surface area (Å²) in [5.74, 6) is -1.91. The van der Waals surface area contributed by atoms with E-state index >= 15 is 0 Å². The zero-order valence-corrected chi connectivity index (χ0v) is 12.2. The Morgan fingerprint density at radius 2 is 1.82 bits per heavy atom. The summed E-state index contributed by atoms with van der Waals surface area (Å²) in [6.07, 6.45) is -0.352. The van der Waals surface area contributed by atoms with Crippen LogP contribution in [0.5, 0.6) is 0 Å². The van der Waals surface area contributed by atoms with Crippen LogP contribution in [0.3, 0.4) is 0 Å². The second kappa shape index (κ2) is 8.36. The van der Waals surface area contributed by atoms with Gasteiger partial charge in [-0.1, -0.05) is 42.5 Å². The van der Waals surface area contributed by atoms with Crippen molar-refractivity contribution in [2.75, 3.05) is 0 Å². The fourth-order valence-corrected chi connectivity index (χ4v) is 1.84. The highest BCUT2D eigenvalue weighted by molar-refractivity contribution is 5.82. The van der Waals surface area contributed by atoms with Gasteiger partial charge in [0, 0.05) is 6.42 Å². The molecule has 6 heteroatoms. The Kier molecular flexibility index (Phi) is 6.82. The van der Waals surface area contributed by atoms with Gasteiger partial charge in [0.05, 0.1) is 6.04 Å². The topological polar surface area (TPSA) is 46.2 Å². The first-order valence-electron chi connectivity index (χ1n) is 6.87. The fraction of sp³-hybridized carbons (Fsp3) is 0.375. The van der Waals surface area contributed by atoms with E-state index in [0.717, 1.165) is 0 Å². The molecule has 22 heavy (non-hydrogen) atoms. The Hall–Kier alpha value is -2.11. The quantitative estimate of drug-likeness (QED) is 0.780. The van der Waals surface area contributed by atoms with E-state index in [1.165, 1.54) is 6.92 Å². The lowest BCUT2D eigenvalue weighted by Gasteiger charge is -2.18. The van der Waals surface area contributed by atoms with Gasteiger partial charge in [0.25, 0.3) is 0 Å². The summed E-state index contributed by atoms with van der Waals surface area (Å²) in [5, 5.41) is 1.99. The summed E-state index contributed by atoms with van der Waals surface area (Å²) < 4.78 is 37.2. The van der Waals surface area contributed by atoms with E-state index < -0.39 is 18.1 Å². The standard InChI is InChI=1S/C16H18F3NO2/c1-12(21)8-4-2-7-11-14(13-9-5-3-6-10-13)20-15(22)16(17,18)19/h2-3,5-7,9-10,14H,4,8,11H2,1H3,(H,20,22)/b7-2+. The van der Waals surface area contributed by atoms with Gasteiger partial charge in [-0.3, -0.25) is 4.79 Å². The summed E-state index contributed by atoms with van der Waals surface area (Å²) in [5.41, 5.74) is 0.594. The minimum atomic E-state index is -4.91. The van der Waals surface area contributed by atoms with Crippen LogP contribution in [0.2, 0.25) is 0 Å². The molecule has 0 aliphatic carbocycles. The van der Waals surface area contributed by atoms with Crippen LogP contribution < -0.4 is 5.32 Å². The van der Waals surface area contributed by atoms with Crippen LogP contribution in [0, 0.1) is 0 Å². The fourth-order valence-electron chi connectivity index (χ4n) is 1.84. The number of hydrogen-bond donors (Lipinski definition) is 1. The zero-order chi connectivity index (χ0) is 16.6. The molecule has 0 fully saturated rings. The third kappa shape index (κ3) is 6.56. The largest absolute Gasteiger partial charge is 0.471 e. The Labute approximate surface area is 127 Å². The van der Waals surface area contributed by atoms with Gasteiger partial charge in [-0.25, -0.2) is 0 Å². The van der Waals surface area contributed by atoms with Gasteiger partial charge in [0.2, 0.25) is 0 Å². The van der Waals surface area contributed by atoms with E-state index in [2.05, 4.69) is 0 Å². The smallest absolute Gasteiger partial charge is 0.341 e. The number of halogens is 3. The number of carbonyl (C=O) groups is 2. The van der Waals surface area contributed by atoms with Crippen LogP contribution in [0.25, 0.3) is 0 Å². The first kappa shape index (κ1) is 17.9. The van der Waals surface area contributed by atoms with Crippen LogP contribution in [0.4, 0.5) is 13.2 Å². The zero-order valence-electron chi connectivity index (χ0n) is 12.2. The van der Waals surface area contributed by atoms with Gasteiger partial charge >= 0.3 is 12.1 Å². The minimum absolute atomic E-state index is 0.0506. The second-order valence-electron chi connectivity index (χ2n) is 4.88. The number of alkyl halides is 3. The first-order chi connectivity index (χ1) is 10.3. The van der Waals surface area contributed by atoms with Crippen LogP contribution >= 0.6 is 0 Å². The molecule has 1 atom stereocenters. The predicted octanol–water partition coefficient (Wildman–Crippen LogP) is 3.72. The summed E-state index contributed by atoms with van der Waals surface area (Å²) in [4.78, 5) is 21.9. The molecule has 1 N–H and O–H groups in total. The molecule has 0 saturated carbocycles. The van der Waals surface area contributed by atoms with Crippen LogP contribution in [0.15, 0.2) is 42.5 Å². The van der Waals surface area contributed by atoms with E-state index in [9.17, 15) is 22.8 Å². The Bertz CT molecular complexity index is 524. The number of allylic oxidation sites excluding steroid dienone is 1. The third-order valence-electron chi connectivity index (χ3n) is 2.97. The number of ketones is 1. The molecule has 0 aromatic heterocycles.